The lowest BCUT2D eigenvalue weighted by molar-refractivity contribution is 0.334. The Hall–Kier alpha value is -1.19. The molecule has 1 aromatic heterocycles. The lowest BCUT2D eigenvalue weighted by atomic mass is 9.82. The summed E-state index contributed by atoms with van der Waals surface area (Å²) >= 11 is 0. The highest BCUT2D eigenvalue weighted by Gasteiger charge is 2.24. The minimum Gasteiger partial charge on any atom is -0.371 e. The molecule has 0 aromatic carbocycles. The SMILES string of the molecule is CNc1nc(C2CCCC(C)C2)nc(C)c1F. The van der Waals surface area contributed by atoms with Gasteiger partial charge in [0, 0.05) is 13.0 Å². The molecule has 2 unspecified atom stereocenters. The number of hydrogen-bond donors (Lipinski definition) is 1. The number of nitrogens with zero attached hydrogens (tertiary/aromatic N) is 2. The van der Waals surface area contributed by atoms with Gasteiger partial charge in [-0.25, -0.2) is 14.4 Å². The van der Waals surface area contributed by atoms with E-state index in [0.29, 0.717) is 17.4 Å². The van der Waals surface area contributed by atoms with Crippen LogP contribution in [0, 0.1) is 18.7 Å². The van der Waals surface area contributed by atoms with Gasteiger partial charge < -0.3 is 5.32 Å². The van der Waals surface area contributed by atoms with Gasteiger partial charge >= 0.3 is 0 Å². The molecule has 1 aliphatic rings. The van der Waals surface area contributed by atoms with E-state index in [1.807, 2.05) is 0 Å². The van der Waals surface area contributed by atoms with Gasteiger partial charge in [-0.2, -0.15) is 0 Å². The van der Waals surface area contributed by atoms with Gasteiger partial charge in [0.05, 0.1) is 5.69 Å². The highest BCUT2D eigenvalue weighted by atomic mass is 19.1. The lowest BCUT2D eigenvalue weighted by Gasteiger charge is -2.26. The molecular weight excluding hydrogens is 217 g/mol. The Bertz CT molecular complexity index is 406. The van der Waals surface area contributed by atoms with E-state index in [1.54, 1.807) is 14.0 Å². The van der Waals surface area contributed by atoms with Crippen LogP contribution in [-0.4, -0.2) is 17.0 Å². The van der Waals surface area contributed by atoms with Crippen molar-refractivity contribution in [2.75, 3.05) is 12.4 Å². The van der Waals surface area contributed by atoms with Crippen molar-refractivity contribution < 1.29 is 4.39 Å². The van der Waals surface area contributed by atoms with Crippen LogP contribution in [0.4, 0.5) is 10.2 Å². The number of nitrogens with one attached hydrogen (secondary N) is 1. The maximum Gasteiger partial charge on any atom is 0.186 e. The lowest BCUT2D eigenvalue weighted by Crippen LogP contribution is -2.16. The first-order valence-electron chi connectivity index (χ1n) is 6.33. The van der Waals surface area contributed by atoms with Crippen molar-refractivity contribution in [2.45, 2.75) is 45.4 Å². The molecule has 0 spiro atoms. The molecule has 17 heavy (non-hydrogen) atoms. The summed E-state index contributed by atoms with van der Waals surface area (Å²) < 4.78 is 13.6. The quantitative estimate of drug-likeness (QED) is 0.858. The van der Waals surface area contributed by atoms with E-state index < -0.39 is 0 Å². The maximum absolute atomic E-state index is 13.6. The largest absolute Gasteiger partial charge is 0.371 e. The third kappa shape index (κ3) is 2.56. The molecule has 4 heteroatoms. The van der Waals surface area contributed by atoms with Crippen molar-refractivity contribution in [1.82, 2.24) is 9.97 Å². The normalized spacial score (nSPS) is 24.7. The highest BCUT2D eigenvalue weighted by molar-refractivity contribution is 5.37. The zero-order valence-electron chi connectivity index (χ0n) is 10.8. The molecule has 3 nitrogen and oxygen atoms in total. The molecule has 0 aliphatic heterocycles. The maximum atomic E-state index is 13.6. The first-order valence-corrected chi connectivity index (χ1v) is 6.33. The van der Waals surface area contributed by atoms with Crippen LogP contribution in [-0.2, 0) is 0 Å². The van der Waals surface area contributed by atoms with Gasteiger partial charge in [-0.1, -0.05) is 19.8 Å². The van der Waals surface area contributed by atoms with Crippen LogP contribution < -0.4 is 5.32 Å². The van der Waals surface area contributed by atoms with Crippen molar-refractivity contribution in [1.29, 1.82) is 0 Å². The Morgan fingerprint density at radius 2 is 2.06 bits per heavy atom. The van der Waals surface area contributed by atoms with E-state index in [4.69, 9.17) is 0 Å². The van der Waals surface area contributed by atoms with E-state index in [2.05, 4.69) is 22.2 Å². The van der Waals surface area contributed by atoms with E-state index in [-0.39, 0.29) is 5.82 Å². The summed E-state index contributed by atoms with van der Waals surface area (Å²) in [7, 11) is 1.69. The third-order valence-electron chi connectivity index (χ3n) is 3.57. The van der Waals surface area contributed by atoms with Crippen LogP contribution in [0.5, 0.6) is 0 Å². The molecule has 2 rings (SSSR count). The molecule has 1 heterocycles. The van der Waals surface area contributed by atoms with Crippen LogP contribution in [0.1, 0.15) is 50.0 Å². The number of aromatic nitrogens is 2. The van der Waals surface area contributed by atoms with Crippen molar-refractivity contribution in [3.05, 3.63) is 17.3 Å². The van der Waals surface area contributed by atoms with Crippen LogP contribution in [0.2, 0.25) is 0 Å². The summed E-state index contributed by atoms with van der Waals surface area (Å²) in [5, 5.41) is 2.80. The fourth-order valence-electron chi connectivity index (χ4n) is 2.60. The molecule has 0 radical (unpaired) electrons. The van der Waals surface area contributed by atoms with Gasteiger partial charge in [0.1, 0.15) is 5.82 Å². The molecule has 1 aromatic rings. The van der Waals surface area contributed by atoms with E-state index in [0.717, 1.165) is 24.6 Å². The van der Waals surface area contributed by atoms with Gasteiger partial charge in [0.25, 0.3) is 0 Å². The van der Waals surface area contributed by atoms with Gasteiger partial charge in [0.15, 0.2) is 11.6 Å². The number of aryl methyl sites for hydroxylation is 1. The molecule has 2 atom stereocenters. The van der Waals surface area contributed by atoms with Crippen LogP contribution in [0.3, 0.4) is 0 Å². The standard InChI is InChI=1S/C13H20FN3/c1-8-5-4-6-10(7-8)12-16-9(2)11(14)13(15-3)17-12/h8,10H,4-7H2,1-3H3,(H,15,16,17). The second-order valence-corrected chi connectivity index (χ2v) is 5.05. The Morgan fingerprint density at radius 1 is 1.29 bits per heavy atom. The Kier molecular flexibility index (Phi) is 3.60. The zero-order valence-corrected chi connectivity index (χ0v) is 10.8. The average molecular weight is 237 g/mol. The number of halogens is 1. The van der Waals surface area contributed by atoms with Gasteiger partial charge in [0.2, 0.25) is 0 Å². The predicted molar refractivity (Wildman–Crippen MR) is 66.6 cm³/mol. The first-order chi connectivity index (χ1) is 8.11. The fourth-order valence-corrected chi connectivity index (χ4v) is 2.60. The molecule has 94 valence electrons. The zero-order chi connectivity index (χ0) is 12.4. The highest BCUT2D eigenvalue weighted by Crippen LogP contribution is 2.35. The van der Waals surface area contributed by atoms with E-state index in [1.165, 1.54) is 12.8 Å². The Labute approximate surface area is 102 Å². The van der Waals surface area contributed by atoms with E-state index >= 15 is 0 Å². The summed E-state index contributed by atoms with van der Waals surface area (Å²) in [4.78, 5) is 8.63. The molecular formula is C13H20FN3. The smallest absolute Gasteiger partial charge is 0.186 e. The fraction of sp³-hybridized carbons (Fsp3) is 0.692. The topological polar surface area (TPSA) is 37.8 Å². The molecule has 1 N–H and O–H groups in total. The molecule has 1 aliphatic carbocycles. The van der Waals surface area contributed by atoms with Gasteiger partial charge in [-0.05, 0) is 25.7 Å². The monoisotopic (exact) mass is 237 g/mol. The molecule has 1 fully saturated rings. The number of rotatable bonds is 2. The molecule has 0 amide bonds. The second kappa shape index (κ2) is 4.98. The van der Waals surface area contributed by atoms with Gasteiger partial charge in [-0.3, -0.25) is 0 Å². The Morgan fingerprint density at radius 3 is 2.71 bits per heavy atom. The Balaban J connectivity index is 2.29. The summed E-state index contributed by atoms with van der Waals surface area (Å²) in [5.41, 5.74) is 0.442. The summed E-state index contributed by atoms with van der Waals surface area (Å²) in [6.07, 6.45) is 4.75. The van der Waals surface area contributed by atoms with Crippen LogP contribution >= 0.6 is 0 Å². The molecule has 0 bridgehead atoms. The predicted octanol–water partition coefficient (Wildman–Crippen LogP) is 3.26. The van der Waals surface area contributed by atoms with Crippen molar-refractivity contribution >= 4 is 5.82 Å². The van der Waals surface area contributed by atoms with E-state index in [9.17, 15) is 4.39 Å². The summed E-state index contributed by atoms with van der Waals surface area (Å²) in [6.45, 7) is 3.97. The first kappa shape index (κ1) is 12.3. The summed E-state index contributed by atoms with van der Waals surface area (Å²) in [6, 6.07) is 0. The minimum atomic E-state index is -0.333. The third-order valence-corrected chi connectivity index (χ3v) is 3.57. The van der Waals surface area contributed by atoms with Crippen molar-refractivity contribution in [3.63, 3.8) is 0 Å². The minimum absolute atomic E-state index is 0.325. The van der Waals surface area contributed by atoms with Crippen molar-refractivity contribution in [3.8, 4) is 0 Å². The second-order valence-electron chi connectivity index (χ2n) is 5.05. The number of anilines is 1. The average Bonchev–Trinajstić information content (AvgIpc) is 2.32. The van der Waals surface area contributed by atoms with Crippen molar-refractivity contribution in [2.24, 2.45) is 5.92 Å². The number of hydrogen-bond acceptors (Lipinski definition) is 3. The van der Waals surface area contributed by atoms with Crippen LogP contribution in [0.25, 0.3) is 0 Å². The van der Waals surface area contributed by atoms with Crippen LogP contribution in [0.15, 0.2) is 0 Å². The molecule has 1 saturated carbocycles. The van der Waals surface area contributed by atoms with Gasteiger partial charge in [-0.15, -0.1) is 0 Å². The summed E-state index contributed by atoms with van der Waals surface area (Å²) in [5.74, 6) is 1.91. The molecule has 0 saturated heterocycles.